The summed E-state index contributed by atoms with van der Waals surface area (Å²) in [4.78, 5) is 17.1. The lowest BCUT2D eigenvalue weighted by molar-refractivity contribution is 0.0785. The molecule has 0 saturated carbocycles. The Morgan fingerprint density at radius 2 is 1.48 bits per heavy atom. The fraction of sp³-hybridized carbons (Fsp3) is 0.240. The molecule has 0 N–H and O–H groups in total. The number of anilines is 1. The number of carbonyl (C=O) groups excluding carboxylic acids is 1. The molecule has 148 valence electrons. The normalized spacial score (nSPS) is 13.9. The number of carbonyl (C=O) groups is 1. The second-order valence-electron chi connectivity index (χ2n) is 7.33. The highest BCUT2D eigenvalue weighted by Gasteiger charge is 2.18. The second-order valence-corrected chi connectivity index (χ2v) is 7.33. The Morgan fingerprint density at radius 1 is 0.862 bits per heavy atom. The lowest BCUT2D eigenvalue weighted by Crippen LogP contribution is -2.37. The van der Waals surface area contributed by atoms with Crippen molar-refractivity contribution in [2.45, 2.75) is 6.54 Å². The third kappa shape index (κ3) is 4.49. The molecule has 3 aromatic rings. The van der Waals surface area contributed by atoms with E-state index in [2.05, 4.69) is 35.2 Å². The van der Waals surface area contributed by atoms with E-state index < -0.39 is 0 Å². The van der Waals surface area contributed by atoms with Crippen LogP contribution in [-0.4, -0.2) is 44.2 Å². The summed E-state index contributed by atoms with van der Waals surface area (Å²) in [5.74, 6) is 0.0291. The summed E-state index contributed by atoms with van der Waals surface area (Å²) in [5.41, 5.74) is 5.32. The van der Waals surface area contributed by atoms with E-state index in [-0.39, 0.29) is 5.91 Å². The maximum absolute atomic E-state index is 13.0. The molecule has 4 rings (SSSR count). The van der Waals surface area contributed by atoms with Crippen molar-refractivity contribution in [3.05, 3.63) is 90.0 Å². The molecule has 0 unspecified atom stereocenters. The van der Waals surface area contributed by atoms with Gasteiger partial charge in [-0.25, -0.2) is 0 Å². The first-order valence-electron chi connectivity index (χ1n) is 10.0. The minimum atomic E-state index is 0.0291. The Hall–Kier alpha value is -3.11. The highest BCUT2D eigenvalue weighted by Crippen LogP contribution is 2.24. The van der Waals surface area contributed by atoms with Gasteiger partial charge >= 0.3 is 0 Å². The zero-order valence-electron chi connectivity index (χ0n) is 16.8. The van der Waals surface area contributed by atoms with E-state index >= 15 is 0 Å². The Balaban J connectivity index is 1.48. The molecule has 4 heteroatoms. The van der Waals surface area contributed by atoms with E-state index in [1.54, 1.807) is 4.90 Å². The van der Waals surface area contributed by atoms with E-state index in [1.807, 2.05) is 55.6 Å². The molecule has 0 bridgehead atoms. The molecular weight excluding hydrogens is 360 g/mol. The van der Waals surface area contributed by atoms with Gasteiger partial charge in [-0.3, -0.25) is 4.79 Å². The van der Waals surface area contributed by atoms with Crippen LogP contribution in [0.4, 0.5) is 5.69 Å². The molecule has 29 heavy (non-hydrogen) atoms. The van der Waals surface area contributed by atoms with Crippen molar-refractivity contribution in [2.24, 2.45) is 0 Å². The average Bonchev–Trinajstić information content (AvgIpc) is 2.80. The number of nitrogens with zero attached hydrogens (tertiary/aromatic N) is 2. The molecule has 4 nitrogen and oxygen atoms in total. The van der Waals surface area contributed by atoms with Crippen LogP contribution in [0, 0.1) is 0 Å². The summed E-state index contributed by atoms with van der Waals surface area (Å²) in [6.07, 6.45) is 0. The van der Waals surface area contributed by atoms with Gasteiger partial charge in [-0.1, -0.05) is 60.7 Å². The van der Waals surface area contributed by atoms with E-state index in [1.165, 1.54) is 5.69 Å². The van der Waals surface area contributed by atoms with Gasteiger partial charge in [0.05, 0.1) is 13.2 Å². The smallest absolute Gasteiger partial charge is 0.253 e. The second kappa shape index (κ2) is 8.93. The molecule has 0 radical (unpaired) electrons. The van der Waals surface area contributed by atoms with E-state index in [0.29, 0.717) is 12.1 Å². The van der Waals surface area contributed by atoms with Gasteiger partial charge in [0.25, 0.3) is 5.91 Å². The van der Waals surface area contributed by atoms with E-state index in [9.17, 15) is 4.79 Å². The van der Waals surface area contributed by atoms with Gasteiger partial charge in [-0.2, -0.15) is 0 Å². The Labute approximate surface area is 172 Å². The van der Waals surface area contributed by atoms with Crippen LogP contribution in [0.5, 0.6) is 0 Å². The number of rotatable bonds is 5. The maximum atomic E-state index is 13.0. The molecule has 1 fully saturated rings. The van der Waals surface area contributed by atoms with Crippen LogP contribution < -0.4 is 4.90 Å². The van der Waals surface area contributed by atoms with Gasteiger partial charge in [-0.15, -0.1) is 0 Å². The Kier molecular flexibility index (Phi) is 5.92. The van der Waals surface area contributed by atoms with E-state index in [4.69, 9.17) is 4.74 Å². The topological polar surface area (TPSA) is 32.8 Å². The Morgan fingerprint density at radius 3 is 2.21 bits per heavy atom. The summed E-state index contributed by atoms with van der Waals surface area (Å²) in [6.45, 7) is 3.84. The molecule has 1 aliphatic heterocycles. The number of benzene rings is 3. The zero-order chi connectivity index (χ0) is 20.1. The van der Waals surface area contributed by atoms with Crippen molar-refractivity contribution in [1.82, 2.24) is 4.90 Å². The number of morpholine rings is 1. The van der Waals surface area contributed by atoms with Crippen LogP contribution in [0.1, 0.15) is 15.9 Å². The van der Waals surface area contributed by atoms with Gasteiger partial charge in [0.2, 0.25) is 0 Å². The molecule has 0 spiro atoms. The van der Waals surface area contributed by atoms with Crippen LogP contribution >= 0.6 is 0 Å². The molecule has 3 aromatic carbocycles. The number of hydrogen-bond donors (Lipinski definition) is 0. The van der Waals surface area contributed by atoms with Crippen molar-refractivity contribution >= 4 is 11.6 Å². The first-order valence-corrected chi connectivity index (χ1v) is 10.0. The molecule has 1 aliphatic rings. The summed E-state index contributed by atoms with van der Waals surface area (Å²) >= 11 is 0. The van der Waals surface area contributed by atoms with Gasteiger partial charge in [-0.05, 0) is 34.9 Å². The van der Waals surface area contributed by atoms with Gasteiger partial charge in [0.1, 0.15) is 0 Å². The summed E-state index contributed by atoms with van der Waals surface area (Å²) in [6, 6.07) is 26.4. The fourth-order valence-corrected chi connectivity index (χ4v) is 3.74. The summed E-state index contributed by atoms with van der Waals surface area (Å²) in [5, 5.41) is 0. The van der Waals surface area contributed by atoms with Crippen LogP contribution in [0.2, 0.25) is 0 Å². The zero-order valence-corrected chi connectivity index (χ0v) is 16.8. The molecule has 1 saturated heterocycles. The van der Waals surface area contributed by atoms with Crippen LogP contribution in [0.25, 0.3) is 11.1 Å². The average molecular weight is 386 g/mol. The monoisotopic (exact) mass is 386 g/mol. The molecule has 0 aromatic heterocycles. The summed E-state index contributed by atoms with van der Waals surface area (Å²) < 4.78 is 5.47. The number of ether oxygens (including phenoxy) is 1. The number of amides is 1. The predicted molar refractivity (Wildman–Crippen MR) is 117 cm³/mol. The van der Waals surface area contributed by atoms with Gasteiger partial charge < -0.3 is 14.5 Å². The standard InChI is InChI=1S/C25H26N2O2/c1-26(19-23-9-5-6-10-24(23)27-15-17-29-18-16-27)25(28)22-13-11-21(12-14-22)20-7-3-2-4-8-20/h2-14H,15-19H2,1H3. The SMILES string of the molecule is CN(Cc1ccccc1N1CCOCC1)C(=O)c1ccc(-c2ccccc2)cc1. The largest absolute Gasteiger partial charge is 0.378 e. The molecule has 1 heterocycles. The lowest BCUT2D eigenvalue weighted by atomic mass is 10.0. The van der Waals surface area contributed by atoms with Crippen molar-refractivity contribution in [1.29, 1.82) is 0 Å². The minimum Gasteiger partial charge on any atom is -0.378 e. The highest BCUT2D eigenvalue weighted by atomic mass is 16.5. The third-order valence-electron chi connectivity index (χ3n) is 5.34. The van der Waals surface area contributed by atoms with Crippen LogP contribution in [0.15, 0.2) is 78.9 Å². The maximum Gasteiger partial charge on any atom is 0.253 e. The molecule has 0 aliphatic carbocycles. The summed E-state index contributed by atoms with van der Waals surface area (Å²) in [7, 11) is 1.86. The quantitative estimate of drug-likeness (QED) is 0.649. The van der Waals surface area contributed by atoms with Gasteiger partial charge in [0.15, 0.2) is 0 Å². The first kappa shape index (κ1) is 19.2. The van der Waals surface area contributed by atoms with Crippen molar-refractivity contribution in [2.75, 3.05) is 38.3 Å². The van der Waals surface area contributed by atoms with Crippen molar-refractivity contribution in [3.8, 4) is 11.1 Å². The lowest BCUT2D eigenvalue weighted by Gasteiger charge is -2.31. The predicted octanol–water partition coefficient (Wildman–Crippen LogP) is 4.46. The Bertz CT molecular complexity index is 948. The number of para-hydroxylation sites is 1. The third-order valence-corrected chi connectivity index (χ3v) is 5.34. The minimum absolute atomic E-state index is 0.0291. The van der Waals surface area contributed by atoms with Crippen molar-refractivity contribution in [3.63, 3.8) is 0 Å². The molecule has 0 atom stereocenters. The fourth-order valence-electron chi connectivity index (χ4n) is 3.74. The molecular formula is C25H26N2O2. The van der Waals surface area contributed by atoms with Crippen molar-refractivity contribution < 1.29 is 9.53 Å². The number of hydrogen-bond acceptors (Lipinski definition) is 3. The molecule has 1 amide bonds. The van der Waals surface area contributed by atoms with E-state index in [0.717, 1.165) is 43.0 Å². The highest BCUT2D eigenvalue weighted by molar-refractivity contribution is 5.94. The van der Waals surface area contributed by atoms with Crippen LogP contribution in [-0.2, 0) is 11.3 Å². The first-order chi connectivity index (χ1) is 14.2. The van der Waals surface area contributed by atoms with Gasteiger partial charge in [0, 0.05) is 37.9 Å². The van der Waals surface area contributed by atoms with Crippen LogP contribution in [0.3, 0.4) is 0 Å².